The van der Waals surface area contributed by atoms with Gasteiger partial charge in [0.25, 0.3) is 0 Å². The van der Waals surface area contributed by atoms with E-state index in [2.05, 4.69) is 235 Å². The lowest BCUT2D eigenvalue weighted by Gasteiger charge is -2.40. The number of nitrogens with zero attached hydrogens (tertiary/aromatic N) is 1. The molecule has 0 aliphatic heterocycles. The summed E-state index contributed by atoms with van der Waals surface area (Å²) >= 11 is 0. The first kappa shape index (κ1) is 38.7. The molecule has 1 nitrogen and oxygen atoms in total. The van der Waals surface area contributed by atoms with Crippen molar-refractivity contribution in [2.45, 2.75) is 43.4 Å². The van der Waals surface area contributed by atoms with E-state index in [0.717, 1.165) is 17.1 Å². The van der Waals surface area contributed by atoms with Crippen LogP contribution in [0.15, 0.2) is 231 Å². The van der Waals surface area contributed by atoms with Crippen molar-refractivity contribution in [1.29, 1.82) is 0 Å². The van der Waals surface area contributed by atoms with Gasteiger partial charge in [0.2, 0.25) is 0 Å². The summed E-state index contributed by atoms with van der Waals surface area (Å²) in [6.07, 6.45) is 6.70. The molecule has 10 aromatic rings. The molecule has 0 heterocycles. The van der Waals surface area contributed by atoms with Crippen LogP contribution in [0.3, 0.4) is 0 Å². The highest BCUT2D eigenvalue weighted by Gasteiger charge is 2.50. The molecular formula is C65H49N. The maximum absolute atomic E-state index is 2.52. The summed E-state index contributed by atoms with van der Waals surface area (Å²) < 4.78 is 0. The van der Waals surface area contributed by atoms with Crippen molar-refractivity contribution in [2.75, 3.05) is 4.90 Å². The number of anilines is 3. The first-order chi connectivity index (χ1) is 32.8. The van der Waals surface area contributed by atoms with Crippen LogP contribution in [0.5, 0.6) is 0 Å². The van der Waals surface area contributed by atoms with Gasteiger partial charge in [-0.05, 0) is 138 Å². The highest BCUT2D eigenvalue weighted by molar-refractivity contribution is 6.07. The Kier molecular flexibility index (Phi) is 9.24. The Morgan fingerprint density at radius 3 is 1.59 bits per heavy atom. The Balaban J connectivity index is 1.03. The molecule has 0 bridgehead atoms. The molecule has 13 rings (SSSR count). The molecular weight excluding hydrogens is 795 g/mol. The molecule has 0 saturated heterocycles. The largest absolute Gasteiger partial charge is 0.310 e. The van der Waals surface area contributed by atoms with Gasteiger partial charge in [0.15, 0.2) is 0 Å². The van der Waals surface area contributed by atoms with Crippen LogP contribution in [0, 0.1) is 0 Å². The van der Waals surface area contributed by atoms with E-state index in [0.29, 0.717) is 5.92 Å². The fraction of sp³-hybridized carbons (Fsp3) is 0.108. The summed E-state index contributed by atoms with van der Waals surface area (Å²) in [7, 11) is 0. The van der Waals surface area contributed by atoms with Gasteiger partial charge in [-0.3, -0.25) is 0 Å². The average Bonchev–Trinajstić information content (AvgIpc) is 3.69. The van der Waals surface area contributed by atoms with Crippen molar-refractivity contribution < 1.29 is 0 Å². The molecule has 0 aromatic heterocycles. The Hall–Kier alpha value is -7.74. The van der Waals surface area contributed by atoms with Crippen molar-refractivity contribution in [3.8, 4) is 55.6 Å². The molecule has 3 aliphatic rings. The van der Waals surface area contributed by atoms with Gasteiger partial charge in [-0.1, -0.05) is 219 Å². The fourth-order valence-electron chi connectivity index (χ4n) is 12.2. The zero-order valence-electron chi connectivity index (χ0n) is 37.0. The van der Waals surface area contributed by atoms with Crippen LogP contribution in [0.25, 0.3) is 66.4 Å². The lowest BCUT2D eigenvalue weighted by Crippen LogP contribution is -2.32. The third kappa shape index (κ3) is 6.00. The second-order valence-corrected chi connectivity index (χ2v) is 18.5. The predicted molar refractivity (Wildman–Crippen MR) is 277 cm³/mol. The Labute approximate surface area is 388 Å². The van der Waals surface area contributed by atoms with E-state index in [1.807, 2.05) is 0 Å². The summed E-state index contributed by atoms with van der Waals surface area (Å²) in [5.41, 5.74) is 22.2. The predicted octanol–water partition coefficient (Wildman–Crippen LogP) is 17.7. The lowest BCUT2D eigenvalue weighted by molar-refractivity contribution is 0.443. The zero-order valence-corrected chi connectivity index (χ0v) is 37.0. The molecule has 1 saturated carbocycles. The van der Waals surface area contributed by atoms with Crippen molar-refractivity contribution in [3.05, 3.63) is 258 Å². The molecule has 1 heteroatoms. The van der Waals surface area contributed by atoms with E-state index in [-0.39, 0.29) is 0 Å². The van der Waals surface area contributed by atoms with Gasteiger partial charge in [0.1, 0.15) is 0 Å². The quantitative estimate of drug-likeness (QED) is 0.154. The molecule has 1 unspecified atom stereocenters. The van der Waals surface area contributed by atoms with E-state index >= 15 is 0 Å². The number of hydrogen-bond donors (Lipinski definition) is 0. The first-order valence-corrected chi connectivity index (χ1v) is 23.9. The highest BCUT2D eigenvalue weighted by atomic mass is 15.1. The molecule has 0 N–H and O–H groups in total. The summed E-state index contributed by atoms with van der Waals surface area (Å²) in [4.78, 5) is 2.51. The minimum absolute atomic E-state index is 0.523. The molecule has 1 fully saturated rings. The third-order valence-corrected chi connectivity index (χ3v) is 15.1. The summed E-state index contributed by atoms with van der Waals surface area (Å²) in [5.74, 6) is 0.694. The highest BCUT2D eigenvalue weighted by Crippen LogP contribution is 2.62. The molecule has 66 heavy (non-hydrogen) atoms. The van der Waals surface area contributed by atoms with Gasteiger partial charge in [-0.15, -0.1) is 0 Å². The average molecular weight is 844 g/mol. The molecule has 3 aliphatic carbocycles. The number of para-hydroxylation sites is 1. The summed E-state index contributed by atoms with van der Waals surface area (Å²) in [5, 5.41) is 2.62. The van der Waals surface area contributed by atoms with E-state index in [1.54, 1.807) is 0 Å². The topological polar surface area (TPSA) is 3.24 Å². The maximum Gasteiger partial charge on any atom is 0.0726 e. The van der Waals surface area contributed by atoms with Crippen molar-refractivity contribution in [3.63, 3.8) is 0 Å². The standard InChI is InChI=1S/C65H49N/c1-3-17-44(18-4-1)45-33-35-46(36-34-45)47-37-39-50(40-38-47)66(63-32-14-11-27-57(63)53-24-8-7-23-52(53)48-19-5-2-6-20-48)51-41-42-56-54-25-9-12-29-59(54)65(62(56)43-51)60-30-13-10-26-55(60)58-28-15-21-49-22-16-31-61(65)64(49)58/h2,5-16,19-44H,1,3-4,17-18H2. The summed E-state index contributed by atoms with van der Waals surface area (Å²) in [6.45, 7) is 0. The Morgan fingerprint density at radius 2 is 0.864 bits per heavy atom. The van der Waals surface area contributed by atoms with Crippen LogP contribution in [0.4, 0.5) is 17.1 Å². The van der Waals surface area contributed by atoms with Crippen LogP contribution in [0.1, 0.15) is 65.8 Å². The van der Waals surface area contributed by atoms with E-state index < -0.39 is 5.41 Å². The van der Waals surface area contributed by atoms with Crippen LogP contribution in [-0.2, 0) is 5.41 Å². The Morgan fingerprint density at radius 1 is 0.333 bits per heavy atom. The van der Waals surface area contributed by atoms with Crippen LogP contribution < -0.4 is 4.90 Å². The monoisotopic (exact) mass is 843 g/mol. The smallest absolute Gasteiger partial charge is 0.0726 e. The summed E-state index contributed by atoms with van der Waals surface area (Å²) in [6, 6.07) is 86.7. The molecule has 1 atom stereocenters. The van der Waals surface area contributed by atoms with Gasteiger partial charge < -0.3 is 4.90 Å². The number of hydrogen-bond acceptors (Lipinski definition) is 1. The third-order valence-electron chi connectivity index (χ3n) is 15.1. The lowest BCUT2D eigenvalue weighted by atomic mass is 9.61. The first-order valence-electron chi connectivity index (χ1n) is 23.9. The van der Waals surface area contributed by atoms with Crippen molar-refractivity contribution in [1.82, 2.24) is 0 Å². The normalized spacial score (nSPS) is 15.9. The number of fused-ring (bicyclic) bond motifs is 9. The van der Waals surface area contributed by atoms with Gasteiger partial charge in [0.05, 0.1) is 11.1 Å². The second-order valence-electron chi connectivity index (χ2n) is 18.5. The van der Waals surface area contributed by atoms with Crippen molar-refractivity contribution >= 4 is 27.8 Å². The number of benzene rings is 10. The van der Waals surface area contributed by atoms with E-state index in [9.17, 15) is 0 Å². The molecule has 10 aromatic carbocycles. The SMILES string of the molecule is c1ccc(-c2ccccc2-c2ccccc2N(c2ccc(-c3ccc(C4CCCCC4)cc3)cc2)c2ccc3c(c2)C2(c4ccccc4-3)c3ccccc3-c3cccc4cccc2c34)cc1. The van der Waals surface area contributed by atoms with E-state index in [4.69, 9.17) is 0 Å². The molecule has 0 amide bonds. The van der Waals surface area contributed by atoms with E-state index in [1.165, 1.54) is 126 Å². The van der Waals surface area contributed by atoms with Gasteiger partial charge in [0, 0.05) is 16.9 Å². The maximum atomic E-state index is 2.52. The van der Waals surface area contributed by atoms with Crippen LogP contribution >= 0.6 is 0 Å². The Bertz CT molecular complexity index is 3440. The van der Waals surface area contributed by atoms with Gasteiger partial charge >= 0.3 is 0 Å². The zero-order chi connectivity index (χ0) is 43.6. The van der Waals surface area contributed by atoms with Crippen molar-refractivity contribution in [2.24, 2.45) is 0 Å². The van der Waals surface area contributed by atoms with Gasteiger partial charge in [-0.25, -0.2) is 0 Å². The molecule has 314 valence electrons. The molecule has 0 radical (unpaired) electrons. The molecule has 1 spiro atoms. The van der Waals surface area contributed by atoms with Crippen LogP contribution in [0.2, 0.25) is 0 Å². The number of rotatable bonds is 7. The van der Waals surface area contributed by atoms with Gasteiger partial charge in [-0.2, -0.15) is 0 Å². The minimum Gasteiger partial charge on any atom is -0.310 e. The minimum atomic E-state index is -0.523. The fourth-order valence-corrected chi connectivity index (χ4v) is 12.2. The second kappa shape index (κ2) is 15.8. The van der Waals surface area contributed by atoms with Crippen LogP contribution in [-0.4, -0.2) is 0 Å².